The van der Waals surface area contributed by atoms with E-state index in [0.717, 1.165) is 6.42 Å². The van der Waals surface area contributed by atoms with Gasteiger partial charge in [-0.25, -0.2) is 0 Å². The van der Waals surface area contributed by atoms with Crippen LogP contribution in [0.25, 0.3) is 32.7 Å². The summed E-state index contributed by atoms with van der Waals surface area (Å²) in [6, 6.07) is 27.0. The summed E-state index contributed by atoms with van der Waals surface area (Å²) in [4.78, 5) is 0. The van der Waals surface area contributed by atoms with Crippen molar-refractivity contribution in [2.45, 2.75) is 12.6 Å². The van der Waals surface area contributed by atoms with E-state index in [1.807, 2.05) is 0 Å². The molecule has 28 heavy (non-hydrogen) atoms. The number of rotatable bonds is 1. The van der Waals surface area contributed by atoms with Crippen LogP contribution in [-0.4, -0.2) is 5.80 Å². The first-order valence-electron chi connectivity index (χ1n) is 9.98. The molecule has 4 aromatic carbocycles. The molecule has 0 aromatic heterocycles. The van der Waals surface area contributed by atoms with Crippen LogP contribution in [0.1, 0.15) is 17.5 Å². The summed E-state index contributed by atoms with van der Waals surface area (Å²) in [7, 11) is -0.747. The Kier molecular flexibility index (Phi) is 3.67. The molecule has 1 aliphatic carbocycles. The van der Waals surface area contributed by atoms with Gasteiger partial charge in [0.25, 0.3) is 0 Å². The van der Waals surface area contributed by atoms with Gasteiger partial charge in [-0.3, -0.25) is 0 Å². The standard InChI is InChI=1S/C27H21P/c1-5-11-24-19(7-1)13-15-21-17-28(23-9-3-4-10-23)18-22-16-14-20-8-2-6-12-25(20)27(22)26(21)24/h1-9,11-17,28H,10,18H2. The monoisotopic (exact) mass is 376 g/mol. The van der Waals surface area contributed by atoms with E-state index in [1.165, 1.54) is 50.0 Å². The lowest BCUT2D eigenvalue weighted by atomic mass is 9.88. The van der Waals surface area contributed by atoms with Crippen LogP contribution in [0.3, 0.4) is 0 Å². The predicted molar refractivity (Wildman–Crippen MR) is 126 cm³/mol. The molecule has 4 aromatic rings. The van der Waals surface area contributed by atoms with Gasteiger partial charge < -0.3 is 0 Å². The molecule has 134 valence electrons. The summed E-state index contributed by atoms with van der Waals surface area (Å²) in [6.07, 6.45) is 9.18. The Bertz CT molecular complexity index is 1350. The van der Waals surface area contributed by atoms with E-state index in [9.17, 15) is 0 Å². The summed E-state index contributed by atoms with van der Waals surface area (Å²) >= 11 is 0. The third kappa shape index (κ3) is 2.45. The van der Waals surface area contributed by atoms with Gasteiger partial charge in [0, 0.05) is 0 Å². The fraction of sp³-hybridized carbons (Fsp3) is 0.0741. The molecule has 0 amide bonds. The molecule has 0 radical (unpaired) electrons. The zero-order valence-electron chi connectivity index (χ0n) is 15.7. The van der Waals surface area contributed by atoms with Crippen molar-refractivity contribution in [3.63, 3.8) is 0 Å². The van der Waals surface area contributed by atoms with Crippen molar-refractivity contribution in [2.24, 2.45) is 0 Å². The average molecular weight is 376 g/mol. The predicted octanol–water partition coefficient (Wildman–Crippen LogP) is 7.38. The van der Waals surface area contributed by atoms with Crippen LogP contribution in [0.2, 0.25) is 0 Å². The van der Waals surface area contributed by atoms with E-state index in [1.54, 1.807) is 5.31 Å². The molecule has 0 spiro atoms. The molecule has 1 heterocycles. The van der Waals surface area contributed by atoms with Crippen molar-refractivity contribution in [2.75, 3.05) is 0 Å². The lowest BCUT2D eigenvalue weighted by Crippen LogP contribution is -1.92. The number of hydrogen-bond acceptors (Lipinski definition) is 0. The quantitative estimate of drug-likeness (QED) is 0.304. The molecule has 1 aliphatic heterocycles. The number of fused-ring (bicyclic) bond motifs is 7. The van der Waals surface area contributed by atoms with Crippen LogP contribution in [0.15, 0.2) is 96.3 Å². The van der Waals surface area contributed by atoms with Gasteiger partial charge in [-0.2, -0.15) is 0 Å². The summed E-state index contributed by atoms with van der Waals surface area (Å²) in [5.41, 5.74) is 5.80. The second-order valence-corrected chi connectivity index (χ2v) is 10.1. The third-order valence-electron chi connectivity index (χ3n) is 6.12. The van der Waals surface area contributed by atoms with Crippen LogP contribution < -0.4 is 0 Å². The molecule has 0 saturated carbocycles. The van der Waals surface area contributed by atoms with E-state index in [0.29, 0.717) is 0 Å². The molecular weight excluding hydrogens is 355 g/mol. The van der Waals surface area contributed by atoms with Crippen molar-refractivity contribution in [1.82, 2.24) is 0 Å². The average Bonchev–Trinajstić information content (AvgIpc) is 3.22. The van der Waals surface area contributed by atoms with Crippen molar-refractivity contribution in [3.05, 3.63) is 107 Å². The minimum absolute atomic E-state index is 0.747. The highest BCUT2D eigenvalue weighted by Crippen LogP contribution is 2.49. The second-order valence-electron chi connectivity index (χ2n) is 7.74. The van der Waals surface area contributed by atoms with Crippen LogP contribution in [0, 0.1) is 0 Å². The minimum atomic E-state index is -0.747. The molecule has 1 atom stereocenters. The third-order valence-corrected chi connectivity index (χ3v) is 8.74. The summed E-state index contributed by atoms with van der Waals surface area (Å²) in [5, 5.41) is 7.04. The van der Waals surface area contributed by atoms with Crippen LogP contribution in [-0.2, 0) is 6.16 Å². The van der Waals surface area contributed by atoms with E-state index in [-0.39, 0.29) is 0 Å². The van der Waals surface area contributed by atoms with Gasteiger partial charge >= 0.3 is 0 Å². The Morgan fingerprint density at radius 1 is 0.679 bits per heavy atom. The van der Waals surface area contributed by atoms with Gasteiger partial charge in [0.1, 0.15) is 0 Å². The first kappa shape index (κ1) is 16.2. The summed E-state index contributed by atoms with van der Waals surface area (Å²) in [6.45, 7) is 0. The molecular formula is C27H21P. The van der Waals surface area contributed by atoms with E-state index in [4.69, 9.17) is 0 Å². The highest BCUT2D eigenvalue weighted by molar-refractivity contribution is 7.61. The normalized spacial score (nSPS) is 17.7. The maximum Gasteiger partial charge on any atom is -0.00234 e. The first-order valence-corrected chi connectivity index (χ1v) is 11.8. The topological polar surface area (TPSA) is 0 Å². The lowest BCUT2D eigenvalue weighted by Gasteiger charge is -2.16. The molecule has 0 bridgehead atoms. The van der Waals surface area contributed by atoms with E-state index >= 15 is 0 Å². The van der Waals surface area contributed by atoms with E-state index in [2.05, 4.69) is 96.8 Å². The minimum Gasteiger partial charge on any atom is -0.0887 e. The Labute approximate surface area is 166 Å². The van der Waals surface area contributed by atoms with Crippen LogP contribution in [0.4, 0.5) is 0 Å². The van der Waals surface area contributed by atoms with Gasteiger partial charge in [-0.15, -0.1) is 0 Å². The highest BCUT2D eigenvalue weighted by Gasteiger charge is 2.20. The SMILES string of the molecule is C1=CCC([PH]2=Cc3ccc4ccccc4c3-c3c(ccc4ccccc34)C2)=C1. The van der Waals surface area contributed by atoms with Crippen molar-refractivity contribution in [1.29, 1.82) is 0 Å². The smallest absolute Gasteiger partial charge is 0.00234 e. The Hall–Kier alpha value is -2.82. The fourth-order valence-electron chi connectivity index (χ4n) is 4.78. The maximum atomic E-state index is 2.61. The molecule has 6 rings (SSSR count). The Morgan fingerprint density at radius 3 is 2.14 bits per heavy atom. The number of benzene rings is 4. The molecule has 0 saturated heterocycles. The van der Waals surface area contributed by atoms with Crippen LogP contribution in [0.5, 0.6) is 0 Å². The zero-order chi connectivity index (χ0) is 18.5. The molecule has 2 aliphatic rings. The van der Waals surface area contributed by atoms with Gasteiger partial charge in [0.05, 0.1) is 0 Å². The molecule has 0 fully saturated rings. The van der Waals surface area contributed by atoms with Crippen molar-refractivity contribution < 1.29 is 0 Å². The highest BCUT2D eigenvalue weighted by atomic mass is 31.1. The van der Waals surface area contributed by atoms with Gasteiger partial charge in [0.15, 0.2) is 0 Å². The zero-order valence-corrected chi connectivity index (χ0v) is 16.7. The Balaban J connectivity index is 1.76. The number of hydrogen-bond donors (Lipinski definition) is 0. The summed E-state index contributed by atoms with van der Waals surface area (Å²) in [5.74, 6) is 2.61. The molecule has 0 nitrogen and oxygen atoms in total. The van der Waals surface area contributed by atoms with Crippen LogP contribution >= 0.6 is 7.55 Å². The van der Waals surface area contributed by atoms with Gasteiger partial charge in [0.2, 0.25) is 0 Å². The molecule has 1 unspecified atom stereocenters. The molecule has 0 N–H and O–H groups in total. The van der Waals surface area contributed by atoms with E-state index < -0.39 is 7.55 Å². The molecule has 1 heteroatoms. The van der Waals surface area contributed by atoms with Crippen molar-refractivity contribution >= 4 is 34.9 Å². The van der Waals surface area contributed by atoms with Crippen molar-refractivity contribution in [3.8, 4) is 11.1 Å². The lowest BCUT2D eigenvalue weighted by molar-refractivity contribution is 1.37. The Morgan fingerprint density at radius 2 is 1.39 bits per heavy atom. The number of allylic oxidation sites excluding steroid dienone is 4. The summed E-state index contributed by atoms with van der Waals surface area (Å²) < 4.78 is 0. The van der Waals surface area contributed by atoms with Gasteiger partial charge in [-0.1, -0.05) is 104 Å². The van der Waals surface area contributed by atoms with Gasteiger partial charge in [-0.05, 0) is 61.7 Å². The first-order chi connectivity index (χ1) is 13.9. The maximum absolute atomic E-state index is 2.61. The largest absolute Gasteiger partial charge is 0.0887 e. The second kappa shape index (κ2) is 6.36. The fourth-order valence-corrected chi connectivity index (χ4v) is 7.31.